The molecule has 0 aromatic heterocycles. The number of rotatable bonds is 1. The molecular formula is C7H7Br. The molecule has 0 saturated heterocycles. The predicted molar refractivity (Wildman–Crippen MR) is 39.9 cm³/mol. The molecule has 8 heavy (non-hydrogen) atoms. The Balaban J connectivity index is 2.82. The molecule has 42 valence electrons. The van der Waals surface area contributed by atoms with Crippen LogP contribution in [0.15, 0.2) is 34.9 Å². The monoisotopic (exact) mass is 170 g/mol. The Bertz CT molecular complexity index is 163. The van der Waals surface area contributed by atoms with Gasteiger partial charge >= 0.3 is 0 Å². The molecule has 0 aromatic carbocycles. The van der Waals surface area contributed by atoms with Crippen LogP contribution in [0.4, 0.5) is 0 Å². The van der Waals surface area contributed by atoms with Crippen LogP contribution in [0.2, 0.25) is 0 Å². The van der Waals surface area contributed by atoms with Crippen molar-refractivity contribution in [2.45, 2.75) is 6.42 Å². The Labute approximate surface area is 57.7 Å². The number of hydrogen-bond acceptors (Lipinski definition) is 0. The predicted octanol–water partition coefficient (Wildman–Crippen LogP) is 2.78. The zero-order valence-electron chi connectivity index (χ0n) is 4.52. The topological polar surface area (TPSA) is 0 Å². The first kappa shape index (κ1) is 5.83. The van der Waals surface area contributed by atoms with Crippen LogP contribution < -0.4 is 0 Å². The fourth-order valence-electron chi connectivity index (χ4n) is 0.675. The van der Waals surface area contributed by atoms with Crippen LogP contribution in [-0.2, 0) is 0 Å². The van der Waals surface area contributed by atoms with Crippen molar-refractivity contribution in [2.24, 2.45) is 0 Å². The van der Waals surface area contributed by atoms with Gasteiger partial charge in [0.25, 0.3) is 0 Å². The van der Waals surface area contributed by atoms with E-state index in [1.165, 1.54) is 10.1 Å². The minimum absolute atomic E-state index is 1.03. The van der Waals surface area contributed by atoms with Gasteiger partial charge in [0.2, 0.25) is 0 Å². The van der Waals surface area contributed by atoms with Crippen molar-refractivity contribution in [1.29, 1.82) is 0 Å². The summed E-state index contributed by atoms with van der Waals surface area (Å²) >= 11 is 3.39. The minimum Gasteiger partial charge on any atom is -0.0987 e. The average molecular weight is 171 g/mol. The van der Waals surface area contributed by atoms with Gasteiger partial charge in [0.1, 0.15) is 0 Å². The maximum atomic E-state index is 3.67. The molecule has 0 fully saturated rings. The standard InChI is InChI=1S/C7H7Br/c1-2-6-4-3-5-7(6)8/h2-3,5H,1,4H2. The van der Waals surface area contributed by atoms with Crippen molar-refractivity contribution in [3.8, 4) is 0 Å². The largest absolute Gasteiger partial charge is 0.0987 e. The highest BCUT2D eigenvalue weighted by atomic mass is 79.9. The maximum Gasteiger partial charge on any atom is 0.0207 e. The second kappa shape index (κ2) is 2.31. The van der Waals surface area contributed by atoms with Crippen LogP contribution >= 0.6 is 15.9 Å². The molecule has 0 saturated carbocycles. The summed E-state index contributed by atoms with van der Waals surface area (Å²) in [5.74, 6) is 0. The van der Waals surface area contributed by atoms with Crippen molar-refractivity contribution in [2.75, 3.05) is 0 Å². The minimum atomic E-state index is 1.03. The van der Waals surface area contributed by atoms with Gasteiger partial charge in [-0.3, -0.25) is 0 Å². The lowest BCUT2D eigenvalue weighted by molar-refractivity contribution is 1.34. The molecule has 0 atom stereocenters. The van der Waals surface area contributed by atoms with E-state index in [0.717, 1.165) is 6.42 Å². The van der Waals surface area contributed by atoms with Gasteiger partial charge in [-0.25, -0.2) is 0 Å². The smallest absolute Gasteiger partial charge is 0.0207 e. The molecule has 0 aliphatic heterocycles. The van der Waals surface area contributed by atoms with Crippen molar-refractivity contribution in [3.63, 3.8) is 0 Å². The molecule has 0 radical (unpaired) electrons. The van der Waals surface area contributed by atoms with Crippen LogP contribution in [0.5, 0.6) is 0 Å². The summed E-state index contributed by atoms with van der Waals surface area (Å²) in [5, 5.41) is 0. The lowest BCUT2D eigenvalue weighted by atomic mass is 10.2. The summed E-state index contributed by atoms with van der Waals surface area (Å²) in [6.07, 6.45) is 7.08. The van der Waals surface area contributed by atoms with Crippen LogP contribution in [-0.4, -0.2) is 0 Å². The van der Waals surface area contributed by atoms with E-state index in [4.69, 9.17) is 0 Å². The van der Waals surface area contributed by atoms with E-state index in [2.05, 4.69) is 34.7 Å². The fourth-order valence-corrected chi connectivity index (χ4v) is 1.19. The summed E-state index contributed by atoms with van der Waals surface area (Å²) < 4.78 is 1.17. The molecule has 0 unspecified atom stereocenters. The van der Waals surface area contributed by atoms with E-state index in [9.17, 15) is 0 Å². The SMILES string of the molecule is C=CC1=C(Br)C=CC1. The molecule has 0 amide bonds. The Kier molecular flexibility index (Phi) is 1.69. The van der Waals surface area contributed by atoms with Crippen LogP contribution in [0.25, 0.3) is 0 Å². The van der Waals surface area contributed by atoms with E-state index in [0.29, 0.717) is 0 Å². The Morgan fingerprint density at radius 3 is 2.75 bits per heavy atom. The van der Waals surface area contributed by atoms with E-state index in [1.807, 2.05) is 6.08 Å². The van der Waals surface area contributed by atoms with Gasteiger partial charge in [-0.1, -0.05) is 40.7 Å². The number of hydrogen-bond donors (Lipinski definition) is 0. The molecule has 0 spiro atoms. The highest BCUT2D eigenvalue weighted by Gasteiger charge is 1.99. The van der Waals surface area contributed by atoms with Crippen molar-refractivity contribution < 1.29 is 0 Å². The second-order valence-electron chi connectivity index (χ2n) is 1.68. The summed E-state index contributed by atoms with van der Waals surface area (Å²) in [6.45, 7) is 3.67. The summed E-state index contributed by atoms with van der Waals surface area (Å²) in [6, 6.07) is 0. The third-order valence-electron chi connectivity index (χ3n) is 1.16. The normalized spacial score (nSPS) is 17.6. The second-order valence-corrected chi connectivity index (χ2v) is 2.54. The Morgan fingerprint density at radius 1 is 1.75 bits per heavy atom. The molecule has 0 bridgehead atoms. The Hall–Kier alpha value is -0.300. The van der Waals surface area contributed by atoms with E-state index in [1.54, 1.807) is 0 Å². The van der Waals surface area contributed by atoms with Gasteiger partial charge in [0.05, 0.1) is 0 Å². The molecular weight excluding hydrogens is 164 g/mol. The third kappa shape index (κ3) is 0.920. The maximum absolute atomic E-state index is 3.67. The first-order chi connectivity index (χ1) is 3.84. The summed E-state index contributed by atoms with van der Waals surface area (Å²) in [4.78, 5) is 0. The first-order valence-corrected chi connectivity index (χ1v) is 3.31. The van der Waals surface area contributed by atoms with Gasteiger partial charge in [-0.2, -0.15) is 0 Å². The Morgan fingerprint density at radius 2 is 2.50 bits per heavy atom. The van der Waals surface area contributed by atoms with Gasteiger partial charge in [-0.05, 0) is 12.0 Å². The molecule has 1 rings (SSSR count). The molecule has 1 aliphatic carbocycles. The molecule has 0 aromatic rings. The third-order valence-corrected chi connectivity index (χ3v) is 1.93. The van der Waals surface area contributed by atoms with Crippen molar-refractivity contribution in [3.05, 3.63) is 34.9 Å². The molecule has 0 N–H and O–H groups in total. The average Bonchev–Trinajstić information content (AvgIpc) is 2.14. The summed E-state index contributed by atoms with van der Waals surface area (Å²) in [7, 11) is 0. The van der Waals surface area contributed by atoms with E-state index >= 15 is 0 Å². The molecule has 0 heterocycles. The van der Waals surface area contributed by atoms with E-state index < -0.39 is 0 Å². The first-order valence-electron chi connectivity index (χ1n) is 2.52. The lowest BCUT2D eigenvalue weighted by Crippen LogP contribution is -1.67. The van der Waals surface area contributed by atoms with Gasteiger partial charge in [-0.15, -0.1) is 0 Å². The zero-order valence-corrected chi connectivity index (χ0v) is 6.11. The number of allylic oxidation sites excluding steroid dienone is 5. The summed E-state index contributed by atoms with van der Waals surface area (Å²) in [5.41, 5.74) is 1.28. The molecule has 0 nitrogen and oxygen atoms in total. The van der Waals surface area contributed by atoms with Crippen LogP contribution in [0, 0.1) is 0 Å². The zero-order chi connectivity index (χ0) is 5.98. The molecule has 1 aliphatic rings. The lowest BCUT2D eigenvalue weighted by Gasteiger charge is -1.88. The van der Waals surface area contributed by atoms with Crippen LogP contribution in [0.3, 0.4) is 0 Å². The number of halogens is 1. The quantitative estimate of drug-likeness (QED) is 0.568. The van der Waals surface area contributed by atoms with Crippen LogP contribution in [0.1, 0.15) is 6.42 Å². The molecule has 1 heteroatoms. The van der Waals surface area contributed by atoms with Gasteiger partial charge in [0.15, 0.2) is 0 Å². The van der Waals surface area contributed by atoms with Gasteiger partial charge in [0, 0.05) is 4.48 Å². The highest BCUT2D eigenvalue weighted by Crippen LogP contribution is 2.23. The van der Waals surface area contributed by atoms with Gasteiger partial charge < -0.3 is 0 Å². The van der Waals surface area contributed by atoms with Crippen molar-refractivity contribution >= 4 is 15.9 Å². The fraction of sp³-hybridized carbons (Fsp3) is 0.143. The van der Waals surface area contributed by atoms with Crippen molar-refractivity contribution in [1.82, 2.24) is 0 Å². The van der Waals surface area contributed by atoms with E-state index in [-0.39, 0.29) is 0 Å². The highest BCUT2D eigenvalue weighted by molar-refractivity contribution is 9.11.